The molecule has 0 amide bonds. The molecular weight excluding hydrogens is 424 g/mol. The van der Waals surface area contributed by atoms with Gasteiger partial charge in [-0.25, -0.2) is 0 Å². The average Bonchev–Trinajstić information content (AvgIpc) is 2.87. The third-order valence-electron chi connectivity index (χ3n) is 7.01. The van der Waals surface area contributed by atoms with Crippen molar-refractivity contribution in [2.75, 3.05) is 13.2 Å². The molecule has 0 atom stereocenters. The molecule has 4 nitrogen and oxygen atoms in total. The lowest BCUT2D eigenvalue weighted by molar-refractivity contribution is -0.152. The van der Waals surface area contributed by atoms with Gasteiger partial charge in [0.15, 0.2) is 0 Å². The van der Waals surface area contributed by atoms with Crippen molar-refractivity contribution in [3.63, 3.8) is 0 Å². The Morgan fingerprint density at radius 2 is 1.38 bits per heavy atom. The first-order valence-electron chi connectivity index (χ1n) is 13.3. The van der Waals surface area contributed by atoms with Gasteiger partial charge in [0.2, 0.25) is 0 Å². The van der Waals surface area contributed by atoms with Gasteiger partial charge in [0, 0.05) is 0 Å². The van der Waals surface area contributed by atoms with Gasteiger partial charge >= 0.3 is 5.97 Å². The van der Waals surface area contributed by atoms with Crippen LogP contribution in [0.15, 0.2) is 48.5 Å². The summed E-state index contributed by atoms with van der Waals surface area (Å²) < 4.78 is 11.3. The fourth-order valence-corrected chi connectivity index (χ4v) is 4.70. The summed E-state index contributed by atoms with van der Waals surface area (Å²) in [6.07, 6.45) is 10.5. The van der Waals surface area contributed by atoms with Gasteiger partial charge in [0.1, 0.15) is 5.75 Å². The number of esters is 1. The predicted molar refractivity (Wildman–Crippen MR) is 138 cm³/mol. The van der Waals surface area contributed by atoms with Crippen LogP contribution in [0.5, 0.6) is 5.75 Å². The summed E-state index contributed by atoms with van der Waals surface area (Å²) in [7, 11) is 0. The molecule has 186 valence electrons. The van der Waals surface area contributed by atoms with E-state index in [1.54, 1.807) is 0 Å². The molecule has 0 unspecified atom stereocenters. The summed E-state index contributed by atoms with van der Waals surface area (Å²) >= 11 is 0. The maximum Gasteiger partial charge on any atom is 0.308 e. The number of ether oxygens (including phenoxy) is 2. The van der Waals surface area contributed by atoms with Gasteiger partial charge in [-0.1, -0.05) is 82.3 Å². The SMILES string of the molecule is CCCCCCOc1ccc(-c2ccc(C3(O)CCC(C(=O)OCCCCC)CC3)cc2)cc1. The van der Waals surface area contributed by atoms with Crippen LogP contribution in [0.2, 0.25) is 0 Å². The summed E-state index contributed by atoms with van der Waals surface area (Å²) in [4.78, 5) is 12.3. The maximum atomic E-state index is 12.3. The number of carbonyl (C=O) groups is 1. The second-order valence-electron chi connectivity index (χ2n) is 9.69. The fraction of sp³-hybridized carbons (Fsp3) is 0.567. The highest BCUT2D eigenvalue weighted by Gasteiger charge is 2.37. The van der Waals surface area contributed by atoms with Crippen LogP contribution in [-0.2, 0) is 15.1 Å². The van der Waals surface area contributed by atoms with Gasteiger partial charge in [-0.05, 0) is 67.3 Å². The summed E-state index contributed by atoms with van der Waals surface area (Å²) in [5.41, 5.74) is 2.31. The predicted octanol–water partition coefficient (Wildman–Crippen LogP) is 7.42. The van der Waals surface area contributed by atoms with Crippen LogP contribution in [0, 0.1) is 5.92 Å². The molecule has 2 aromatic rings. The highest BCUT2D eigenvalue weighted by molar-refractivity contribution is 5.72. The van der Waals surface area contributed by atoms with Crippen molar-refractivity contribution in [2.24, 2.45) is 5.92 Å². The van der Waals surface area contributed by atoms with E-state index in [4.69, 9.17) is 9.47 Å². The zero-order valence-electron chi connectivity index (χ0n) is 21.1. The van der Waals surface area contributed by atoms with Crippen molar-refractivity contribution in [1.82, 2.24) is 0 Å². The lowest BCUT2D eigenvalue weighted by atomic mass is 9.75. The molecule has 0 radical (unpaired) electrons. The highest BCUT2D eigenvalue weighted by atomic mass is 16.5. The number of hydrogen-bond donors (Lipinski definition) is 1. The zero-order valence-corrected chi connectivity index (χ0v) is 21.1. The summed E-state index contributed by atoms with van der Waals surface area (Å²) in [6.45, 7) is 5.63. The summed E-state index contributed by atoms with van der Waals surface area (Å²) in [5, 5.41) is 11.3. The van der Waals surface area contributed by atoms with Crippen LogP contribution in [-0.4, -0.2) is 24.3 Å². The van der Waals surface area contributed by atoms with Gasteiger partial charge in [-0.15, -0.1) is 0 Å². The number of rotatable bonds is 13. The molecule has 4 heteroatoms. The third-order valence-corrected chi connectivity index (χ3v) is 7.01. The molecule has 1 saturated carbocycles. The maximum absolute atomic E-state index is 12.3. The Kier molecular flexibility index (Phi) is 10.5. The van der Waals surface area contributed by atoms with Crippen LogP contribution in [0.3, 0.4) is 0 Å². The molecule has 0 spiro atoms. The molecule has 0 aliphatic heterocycles. The number of hydrogen-bond acceptors (Lipinski definition) is 4. The molecule has 1 N–H and O–H groups in total. The van der Waals surface area contributed by atoms with E-state index in [-0.39, 0.29) is 11.9 Å². The van der Waals surface area contributed by atoms with Crippen LogP contribution < -0.4 is 4.74 Å². The second kappa shape index (κ2) is 13.5. The molecule has 0 aromatic heterocycles. The van der Waals surface area contributed by atoms with E-state index in [2.05, 4.69) is 38.1 Å². The summed E-state index contributed by atoms with van der Waals surface area (Å²) in [6, 6.07) is 16.4. The standard InChI is InChI=1S/C30H42O4/c1-3-5-7-9-22-33-28-16-12-25(13-17-28)24-10-14-27(15-11-24)30(32)20-18-26(19-21-30)29(31)34-23-8-6-4-2/h10-17,26,32H,3-9,18-23H2,1-2H3. The Morgan fingerprint density at radius 3 is 2.00 bits per heavy atom. The van der Waals surface area contributed by atoms with E-state index >= 15 is 0 Å². The molecule has 0 saturated heterocycles. The van der Waals surface area contributed by atoms with Gasteiger partial charge in [-0.2, -0.15) is 0 Å². The Hall–Kier alpha value is -2.33. The van der Waals surface area contributed by atoms with E-state index < -0.39 is 5.60 Å². The third kappa shape index (κ3) is 7.59. The Bertz CT molecular complexity index is 848. The Morgan fingerprint density at radius 1 is 0.824 bits per heavy atom. The molecule has 1 fully saturated rings. The quantitative estimate of drug-likeness (QED) is 0.246. The fourth-order valence-electron chi connectivity index (χ4n) is 4.70. The van der Waals surface area contributed by atoms with E-state index in [0.717, 1.165) is 54.7 Å². The topological polar surface area (TPSA) is 55.8 Å². The van der Waals surface area contributed by atoms with Crippen molar-refractivity contribution in [3.05, 3.63) is 54.1 Å². The smallest absolute Gasteiger partial charge is 0.308 e. The first kappa shape index (κ1) is 26.3. The lowest BCUT2D eigenvalue weighted by Gasteiger charge is -2.35. The molecule has 0 heterocycles. The van der Waals surface area contributed by atoms with Crippen molar-refractivity contribution in [3.8, 4) is 16.9 Å². The van der Waals surface area contributed by atoms with Crippen LogP contribution >= 0.6 is 0 Å². The molecule has 1 aliphatic rings. The normalized spacial score (nSPS) is 20.1. The first-order valence-corrected chi connectivity index (χ1v) is 13.3. The number of aliphatic hydroxyl groups is 1. The van der Waals surface area contributed by atoms with Crippen molar-refractivity contribution >= 4 is 5.97 Å². The van der Waals surface area contributed by atoms with Crippen LogP contribution in [0.1, 0.15) is 90.0 Å². The van der Waals surface area contributed by atoms with Gasteiger partial charge in [0.05, 0.1) is 24.7 Å². The van der Waals surface area contributed by atoms with Gasteiger partial charge < -0.3 is 14.6 Å². The molecule has 0 bridgehead atoms. The van der Waals surface area contributed by atoms with Gasteiger partial charge in [0.25, 0.3) is 0 Å². The Balaban J connectivity index is 1.50. The molecule has 2 aromatic carbocycles. The largest absolute Gasteiger partial charge is 0.494 e. The molecule has 1 aliphatic carbocycles. The van der Waals surface area contributed by atoms with Crippen LogP contribution in [0.4, 0.5) is 0 Å². The highest BCUT2D eigenvalue weighted by Crippen LogP contribution is 2.40. The van der Waals surface area contributed by atoms with E-state index in [0.29, 0.717) is 32.3 Å². The van der Waals surface area contributed by atoms with Crippen LogP contribution in [0.25, 0.3) is 11.1 Å². The zero-order chi connectivity index (χ0) is 24.2. The minimum atomic E-state index is -0.868. The lowest BCUT2D eigenvalue weighted by Crippen LogP contribution is -2.34. The minimum absolute atomic E-state index is 0.0893. The summed E-state index contributed by atoms with van der Waals surface area (Å²) in [5.74, 6) is 0.724. The number of carbonyl (C=O) groups excluding carboxylic acids is 1. The Labute approximate surface area is 205 Å². The first-order chi connectivity index (χ1) is 16.6. The average molecular weight is 467 g/mol. The van der Waals surface area contributed by atoms with Crippen molar-refractivity contribution < 1.29 is 19.4 Å². The molecule has 34 heavy (non-hydrogen) atoms. The molecule has 3 rings (SSSR count). The van der Waals surface area contributed by atoms with E-state index in [1.165, 1.54) is 19.3 Å². The van der Waals surface area contributed by atoms with Crippen molar-refractivity contribution in [2.45, 2.75) is 90.1 Å². The minimum Gasteiger partial charge on any atom is -0.494 e. The van der Waals surface area contributed by atoms with E-state index in [9.17, 15) is 9.90 Å². The monoisotopic (exact) mass is 466 g/mol. The van der Waals surface area contributed by atoms with E-state index in [1.807, 2.05) is 24.3 Å². The van der Waals surface area contributed by atoms with Gasteiger partial charge in [-0.3, -0.25) is 4.79 Å². The molecular formula is C30H42O4. The number of unbranched alkanes of at least 4 members (excludes halogenated alkanes) is 5. The second-order valence-corrected chi connectivity index (χ2v) is 9.69. The number of benzene rings is 2. The van der Waals surface area contributed by atoms with Crippen molar-refractivity contribution in [1.29, 1.82) is 0 Å².